The summed E-state index contributed by atoms with van der Waals surface area (Å²) in [5.41, 5.74) is 4.16. The molecule has 31 heavy (non-hydrogen) atoms. The van der Waals surface area contributed by atoms with Gasteiger partial charge in [-0.25, -0.2) is 5.48 Å². The Hall–Kier alpha value is -3.90. The van der Waals surface area contributed by atoms with E-state index in [-0.39, 0.29) is 12.5 Å². The minimum absolute atomic E-state index is 0.113. The standard InChI is InChI=1S/C25H24N2O4/c1-2-8-19-9-6-7-12-23(19)25(29)27(21-10-4-3-5-11-21)17-18-31-22-15-13-20(14-16-22)24(28)26-30/h2-16,30H,17-18H2,1H3,(H,26,28). The highest BCUT2D eigenvalue weighted by Gasteiger charge is 2.19. The van der Waals surface area contributed by atoms with Crippen molar-refractivity contribution in [1.82, 2.24) is 5.48 Å². The predicted octanol–water partition coefficient (Wildman–Crippen LogP) is 4.56. The molecule has 3 rings (SSSR count). The van der Waals surface area contributed by atoms with E-state index in [4.69, 9.17) is 9.94 Å². The number of carbonyl (C=O) groups is 2. The summed E-state index contributed by atoms with van der Waals surface area (Å²) >= 11 is 0. The lowest BCUT2D eigenvalue weighted by molar-refractivity contribution is 0.0706. The van der Waals surface area contributed by atoms with Crippen molar-refractivity contribution in [2.75, 3.05) is 18.1 Å². The lowest BCUT2D eigenvalue weighted by Crippen LogP contribution is -2.35. The largest absolute Gasteiger partial charge is 0.492 e. The van der Waals surface area contributed by atoms with E-state index in [0.717, 1.165) is 11.3 Å². The zero-order valence-electron chi connectivity index (χ0n) is 17.2. The number of para-hydroxylation sites is 1. The number of nitrogens with zero attached hydrogens (tertiary/aromatic N) is 1. The number of benzene rings is 3. The van der Waals surface area contributed by atoms with Crippen LogP contribution in [0, 0.1) is 0 Å². The molecule has 0 aliphatic rings. The van der Waals surface area contributed by atoms with Gasteiger partial charge in [0, 0.05) is 16.8 Å². The van der Waals surface area contributed by atoms with Crippen LogP contribution in [0.3, 0.4) is 0 Å². The van der Waals surface area contributed by atoms with E-state index in [2.05, 4.69) is 0 Å². The topological polar surface area (TPSA) is 78.9 Å². The molecule has 0 bridgehead atoms. The van der Waals surface area contributed by atoms with E-state index >= 15 is 0 Å². The minimum atomic E-state index is -0.591. The van der Waals surface area contributed by atoms with Crippen LogP contribution in [0.1, 0.15) is 33.2 Å². The maximum atomic E-state index is 13.4. The van der Waals surface area contributed by atoms with Gasteiger partial charge in [0.2, 0.25) is 0 Å². The summed E-state index contributed by atoms with van der Waals surface area (Å²) in [6.45, 7) is 2.52. The Morgan fingerprint density at radius 3 is 2.32 bits per heavy atom. The van der Waals surface area contributed by atoms with Gasteiger partial charge < -0.3 is 9.64 Å². The number of nitrogens with one attached hydrogen (secondary N) is 1. The molecule has 2 amide bonds. The molecule has 6 heteroatoms. The van der Waals surface area contributed by atoms with Crippen molar-refractivity contribution in [2.24, 2.45) is 0 Å². The lowest BCUT2D eigenvalue weighted by atomic mass is 10.1. The van der Waals surface area contributed by atoms with Crippen LogP contribution in [0.5, 0.6) is 5.75 Å². The molecule has 0 saturated carbocycles. The highest BCUT2D eigenvalue weighted by molar-refractivity contribution is 6.08. The molecule has 0 radical (unpaired) electrons. The molecule has 0 atom stereocenters. The monoisotopic (exact) mass is 416 g/mol. The fourth-order valence-corrected chi connectivity index (χ4v) is 3.14. The van der Waals surface area contributed by atoms with Gasteiger partial charge in [0.05, 0.1) is 6.54 Å². The van der Waals surface area contributed by atoms with Crippen molar-refractivity contribution >= 4 is 23.6 Å². The van der Waals surface area contributed by atoms with Crippen LogP contribution in [0.25, 0.3) is 6.08 Å². The first-order chi connectivity index (χ1) is 15.1. The first-order valence-electron chi connectivity index (χ1n) is 9.90. The highest BCUT2D eigenvalue weighted by Crippen LogP contribution is 2.20. The van der Waals surface area contributed by atoms with Crippen molar-refractivity contribution < 1.29 is 19.5 Å². The quantitative estimate of drug-likeness (QED) is 0.417. The molecule has 3 aromatic carbocycles. The Morgan fingerprint density at radius 2 is 1.65 bits per heavy atom. The van der Waals surface area contributed by atoms with Crippen molar-refractivity contribution in [3.8, 4) is 5.75 Å². The number of anilines is 1. The van der Waals surface area contributed by atoms with E-state index in [0.29, 0.717) is 23.4 Å². The van der Waals surface area contributed by atoms with E-state index in [9.17, 15) is 9.59 Å². The maximum absolute atomic E-state index is 13.4. The molecule has 158 valence electrons. The number of amides is 2. The van der Waals surface area contributed by atoms with Gasteiger partial charge >= 0.3 is 0 Å². The number of ether oxygens (including phenoxy) is 1. The molecule has 0 aromatic heterocycles. The first-order valence-corrected chi connectivity index (χ1v) is 9.90. The number of allylic oxidation sites excluding steroid dienone is 1. The van der Waals surface area contributed by atoms with Crippen molar-refractivity contribution in [3.63, 3.8) is 0 Å². The summed E-state index contributed by atoms with van der Waals surface area (Å²) in [6, 6.07) is 23.3. The van der Waals surface area contributed by atoms with Crippen molar-refractivity contribution in [1.29, 1.82) is 0 Å². The summed E-state index contributed by atoms with van der Waals surface area (Å²) in [6.07, 6.45) is 3.82. The molecular weight excluding hydrogens is 392 g/mol. The van der Waals surface area contributed by atoms with Gasteiger partial charge in [0.25, 0.3) is 11.8 Å². The van der Waals surface area contributed by atoms with Gasteiger partial charge in [0.1, 0.15) is 12.4 Å². The zero-order valence-corrected chi connectivity index (χ0v) is 17.2. The Morgan fingerprint density at radius 1 is 0.968 bits per heavy atom. The number of hydroxylamine groups is 1. The third-order valence-electron chi connectivity index (χ3n) is 4.65. The average Bonchev–Trinajstić information content (AvgIpc) is 2.82. The molecular formula is C25H24N2O4. The van der Waals surface area contributed by atoms with Crippen LogP contribution in [0.4, 0.5) is 5.69 Å². The van der Waals surface area contributed by atoms with Gasteiger partial charge in [-0.15, -0.1) is 0 Å². The Labute approximate surface area is 181 Å². The van der Waals surface area contributed by atoms with E-state index in [1.807, 2.05) is 73.7 Å². The third kappa shape index (κ3) is 5.58. The van der Waals surface area contributed by atoms with Crippen LogP contribution in [0.15, 0.2) is 84.9 Å². The lowest BCUT2D eigenvalue weighted by Gasteiger charge is -2.24. The predicted molar refractivity (Wildman–Crippen MR) is 120 cm³/mol. The van der Waals surface area contributed by atoms with Crippen LogP contribution >= 0.6 is 0 Å². The highest BCUT2D eigenvalue weighted by atomic mass is 16.5. The van der Waals surface area contributed by atoms with Gasteiger partial charge in [-0.05, 0) is 55.0 Å². The summed E-state index contributed by atoms with van der Waals surface area (Å²) < 4.78 is 5.79. The Kier molecular flexibility index (Phi) is 7.56. The Balaban J connectivity index is 1.76. The van der Waals surface area contributed by atoms with Gasteiger partial charge in [-0.2, -0.15) is 0 Å². The summed E-state index contributed by atoms with van der Waals surface area (Å²) in [4.78, 5) is 26.5. The summed E-state index contributed by atoms with van der Waals surface area (Å²) in [5, 5.41) is 8.69. The zero-order chi connectivity index (χ0) is 22.1. The van der Waals surface area contributed by atoms with Crippen LogP contribution in [-0.2, 0) is 0 Å². The SMILES string of the molecule is CC=Cc1ccccc1C(=O)N(CCOc1ccc(C(=O)NO)cc1)c1ccccc1. The molecule has 0 unspecified atom stereocenters. The number of hydrogen-bond donors (Lipinski definition) is 2. The minimum Gasteiger partial charge on any atom is -0.492 e. The average molecular weight is 416 g/mol. The van der Waals surface area contributed by atoms with Gasteiger partial charge in [-0.1, -0.05) is 48.6 Å². The van der Waals surface area contributed by atoms with E-state index in [1.165, 1.54) is 0 Å². The van der Waals surface area contributed by atoms with Crippen molar-refractivity contribution in [2.45, 2.75) is 6.92 Å². The Bertz CT molecular complexity index is 1050. The summed E-state index contributed by atoms with van der Waals surface area (Å²) in [5.74, 6) is -0.144. The summed E-state index contributed by atoms with van der Waals surface area (Å²) in [7, 11) is 0. The molecule has 0 saturated heterocycles. The maximum Gasteiger partial charge on any atom is 0.274 e. The van der Waals surface area contributed by atoms with Crippen LogP contribution in [-0.4, -0.2) is 30.2 Å². The van der Waals surface area contributed by atoms with Crippen LogP contribution in [0.2, 0.25) is 0 Å². The number of carbonyl (C=O) groups excluding carboxylic acids is 2. The second-order valence-electron chi connectivity index (χ2n) is 6.69. The molecule has 3 aromatic rings. The van der Waals surface area contributed by atoms with Gasteiger partial charge in [0.15, 0.2) is 0 Å². The molecule has 0 aliphatic heterocycles. The van der Waals surface area contributed by atoms with Gasteiger partial charge in [-0.3, -0.25) is 14.8 Å². The third-order valence-corrected chi connectivity index (χ3v) is 4.65. The molecule has 0 fully saturated rings. The second kappa shape index (κ2) is 10.8. The first kappa shape index (κ1) is 21.8. The number of hydrogen-bond acceptors (Lipinski definition) is 4. The molecule has 2 N–H and O–H groups in total. The molecule has 0 aliphatic carbocycles. The molecule has 0 heterocycles. The molecule has 6 nitrogen and oxygen atoms in total. The smallest absolute Gasteiger partial charge is 0.274 e. The van der Waals surface area contributed by atoms with E-state index in [1.54, 1.807) is 34.6 Å². The van der Waals surface area contributed by atoms with Crippen molar-refractivity contribution in [3.05, 3.63) is 102 Å². The number of rotatable bonds is 8. The van der Waals surface area contributed by atoms with Crippen LogP contribution < -0.4 is 15.1 Å². The second-order valence-corrected chi connectivity index (χ2v) is 6.69. The fourth-order valence-electron chi connectivity index (χ4n) is 3.14. The fraction of sp³-hybridized carbons (Fsp3) is 0.120. The normalized spacial score (nSPS) is 10.6. The molecule has 0 spiro atoms. The van der Waals surface area contributed by atoms with E-state index < -0.39 is 5.91 Å².